The molecule has 89 heavy (non-hydrogen) atoms. The summed E-state index contributed by atoms with van der Waals surface area (Å²) in [6.07, 6.45) is 24.0. The highest BCUT2D eigenvalue weighted by molar-refractivity contribution is 6.02. The maximum atomic E-state index is 16.5. The van der Waals surface area contributed by atoms with Gasteiger partial charge in [0.2, 0.25) is 0 Å². The van der Waals surface area contributed by atoms with Crippen LogP contribution in [0, 0.1) is 62.1 Å². The van der Waals surface area contributed by atoms with Gasteiger partial charge in [-0.1, -0.05) is 85.8 Å². The summed E-state index contributed by atoms with van der Waals surface area (Å²) in [6, 6.07) is 7.26. The lowest BCUT2D eigenvalue weighted by atomic mass is 9.27. The number of ketones is 3. The van der Waals surface area contributed by atoms with Crippen molar-refractivity contribution >= 4 is 28.4 Å². The number of Topliss-reactive ketones (excluding diaryl/α,β-unsaturated/α-hetero) is 3. The van der Waals surface area contributed by atoms with Crippen molar-refractivity contribution in [2.24, 2.45) is 62.1 Å². The van der Waals surface area contributed by atoms with Gasteiger partial charge in [0, 0.05) is 103 Å². The molecule has 6 saturated carbocycles. The number of carbonyl (C=O) groups is 3. The van der Waals surface area contributed by atoms with Gasteiger partial charge in [-0.05, 0) is 213 Å². The number of aryl methyl sites for hydroxylation is 1. The number of nitrogens with zero attached hydrogens (tertiary/aromatic N) is 1. The van der Waals surface area contributed by atoms with Crippen LogP contribution in [0.3, 0.4) is 0 Å². The molecule has 0 amide bonds. The van der Waals surface area contributed by atoms with E-state index in [1.807, 2.05) is 13.8 Å². The maximum Gasteiger partial charge on any atom is 0.160 e. The lowest BCUT2D eigenvalue weighted by Crippen LogP contribution is -2.75. The van der Waals surface area contributed by atoms with Gasteiger partial charge in [0.15, 0.2) is 5.78 Å². The second kappa shape index (κ2) is 20.4. The fraction of sp³-hybridized carbons (Fsp3) is 0.727. The number of ether oxygens (including phenoxy) is 2. The van der Waals surface area contributed by atoms with Crippen molar-refractivity contribution in [3.05, 3.63) is 92.6 Å². The molecule has 16 rings (SSSR count). The summed E-state index contributed by atoms with van der Waals surface area (Å²) in [5.74, 6) is 0.202. The first kappa shape index (κ1) is 59.8. The Bertz CT molecular complexity index is 3590. The molecule has 12 nitrogen and oxygen atoms in total. The third-order valence-electron chi connectivity index (χ3n) is 29.2. The summed E-state index contributed by atoms with van der Waals surface area (Å²) >= 11 is 0. The van der Waals surface area contributed by atoms with Gasteiger partial charge < -0.3 is 44.6 Å². The average Bonchev–Trinajstić information content (AvgIpc) is 1.64. The van der Waals surface area contributed by atoms with Crippen molar-refractivity contribution in [2.75, 3.05) is 20.3 Å². The monoisotopic (exact) mass is 1210 g/mol. The molecule has 2 spiro atoms. The van der Waals surface area contributed by atoms with Gasteiger partial charge in [-0.2, -0.15) is 0 Å². The molecule has 17 unspecified atom stereocenters. The van der Waals surface area contributed by atoms with Gasteiger partial charge in [0.25, 0.3) is 0 Å². The summed E-state index contributed by atoms with van der Waals surface area (Å²) in [7, 11) is 2.08. The standard InChI is InChI=1S/C77H104N4O8/c1-42(2)17-18-44-32-50-51(33-47(43-14-11-10-12-15-43)34-54(50)77(87)27-30-88-31-28-77)58(65(44)84)52-40-81-41-53-59-61(71(5,37-56(83)69-70(3,4)89-69)24-19-46-39-80-63(52)64(46)81)55(82)38-73(59,7)72(6)25-21-57-74(8,67(72)66(53)85)76-26-20-45(35-76)62-49(22-29-79-62)60(76)68(86)75(57)23-13-16-48(36-75)78-9/h22,29,33-34,39-40,42-45,48,53,56-58,60,66-67,69,78-80,83,85,87H,10-21,23-28,30-32,35-38,41H2,1-9H3. The fourth-order valence-corrected chi connectivity index (χ4v) is 24.9. The van der Waals surface area contributed by atoms with Crippen LogP contribution < -0.4 is 5.32 Å². The quantitative estimate of drug-likeness (QED) is 0.0842. The van der Waals surface area contributed by atoms with Gasteiger partial charge in [-0.3, -0.25) is 14.4 Å². The number of hydrogen-bond donors (Lipinski definition) is 6. The molecule has 3 aromatic heterocycles. The zero-order valence-corrected chi connectivity index (χ0v) is 55.2. The molecule has 6 heterocycles. The smallest absolute Gasteiger partial charge is 0.160 e. The Morgan fingerprint density at radius 2 is 1.63 bits per heavy atom. The van der Waals surface area contributed by atoms with E-state index < -0.39 is 62.3 Å². The predicted molar refractivity (Wildman–Crippen MR) is 345 cm³/mol. The summed E-state index contributed by atoms with van der Waals surface area (Å²) in [5.41, 5.74) is 8.09. The number of aromatic nitrogens is 3. The number of carbonyl (C=O) groups excluding carboxylic acids is 3. The minimum Gasteiger partial charge on any atom is -0.392 e. The molecule has 9 aliphatic carbocycles. The molecule has 6 N–H and O–H groups in total. The van der Waals surface area contributed by atoms with Crippen LogP contribution in [0.25, 0.3) is 11.0 Å². The molecule has 480 valence electrons. The molecule has 0 radical (unpaired) electrons. The van der Waals surface area contributed by atoms with Crippen LogP contribution in [0.15, 0.2) is 47.9 Å². The number of hydrogen-bond acceptors (Lipinski definition) is 9. The number of aliphatic hydroxyl groups excluding tert-OH is 2. The molecule has 2 bridgehead atoms. The van der Waals surface area contributed by atoms with Gasteiger partial charge >= 0.3 is 0 Å². The summed E-state index contributed by atoms with van der Waals surface area (Å²) in [4.78, 5) is 56.6. The maximum absolute atomic E-state index is 16.5. The van der Waals surface area contributed by atoms with Crippen LogP contribution >= 0.6 is 0 Å². The van der Waals surface area contributed by atoms with E-state index in [9.17, 15) is 15.3 Å². The van der Waals surface area contributed by atoms with Crippen LogP contribution in [0.4, 0.5) is 0 Å². The van der Waals surface area contributed by atoms with Crippen molar-refractivity contribution in [3.63, 3.8) is 0 Å². The topological polar surface area (TPSA) is 182 Å². The van der Waals surface area contributed by atoms with E-state index in [4.69, 9.17) is 9.47 Å². The molecule has 12 aliphatic rings. The number of allylic oxidation sites excluding steroid dienone is 1. The molecule has 4 aromatic rings. The zero-order chi connectivity index (χ0) is 61.9. The number of aliphatic hydroxyl groups is 3. The van der Waals surface area contributed by atoms with Crippen LogP contribution in [-0.4, -0.2) is 97.4 Å². The zero-order valence-electron chi connectivity index (χ0n) is 55.2. The molecule has 3 aliphatic heterocycles. The van der Waals surface area contributed by atoms with Crippen molar-refractivity contribution in [2.45, 2.75) is 269 Å². The van der Waals surface area contributed by atoms with E-state index in [0.29, 0.717) is 88.2 Å². The largest absolute Gasteiger partial charge is 0.392 e. The lowest BCUT2D eigenvalue weighted by Gasteiger charge is -2.76. The Morgan fingerprint density at radius 1 is 0.854 bits per heavy atom. The normalized spacial score (nSPS) is 41.5. The highest BCUT2D eigenvalue weighted by Gasteiger charge is 2.81. The van der Waals surface area contributed by atoms with Crippen LogP contribution in [0.1, 0.15) is 259 Å². The summed E-state index contributed by atoms with van der Waals surface area (Å²) in [6.45, 7) is 19.8. The first-order valence-corrected chi connectivity index (χ1v) is 35.9. The summed E-state index contributed by atoms with van der Waals surface area (Å²) in [5, 5.41) is 44.2. The SMILES string of the molecule is CNC1CCCC2(C1)C(=O)C1c3cc[nH]c3C3CCC1(C3)C1(C)C2CCC2(C)C1C(O)C1Cn3cc(C4C(=O)C(CCC(C)C)Cc5c4cc(C4CCCCC4)cc5C4(O)CCOCC4)c4[nH]cc(c43)CCC(C)(CC(O)C3OC3(C)C)C3=C1C2(C)CC3=O. The number of rotatable bonds is 10. The van der Waals surface area contributed by atoms with E-state index >= 15 is 14.4 Å². The summed E-state index contributed by atoms with van der Waals surface area (Å²) < 4.78 is 14.6. The first-order valence-electron chi connectivity index (χ1n) is 35.9. The Morgan fingerprint density at radius 3 is 2.37 bits per heavy atom. The minimum absolute atomic E-state index is 0.0548. The van der Waals surface area contributed by atoms with E-state index in [1.165, 1.54) is 36.1 Å². The van der Waals surface area contributed by atoms with Gasteiger partial charge in [-0.15, -0.1) is 0 Å². The van der Waals surface area contributed by atoms with Gasteiger partial charge in [-0.25, -0.2) is 0 Å². The van der Waals surface area contributed by atoms with Gasteiger partial charge in [0.1, 0.15) is 17.7 Å². The average molecular weight is 1210 g/mol. The van der Waals surface area contributed by atoms with Crippen molar-refractivity contribution in [1.29, 1.82) is 0 Å². The molecular weight excluding hydrogens is 1110 g/mol. The first-order chi connectivity index (χ1) is 42.5. The van der Waals surface area contributed by atoms with Gasteiger partial charge in [0.05, 0.1) is 46.3 Å². The third-order valence-corrected chi connectivity index (χ3v) is 29.2. The van der Waals surface area contributed by atoms with Crippen molar-refractivity contribution < 1.29 is 39.2 Å². The van der Waals surface area contributed by atoms with Crippen LogP contribution in [-0.2, 0) is 48.8 Å². The van der Waals surface area contributed by atoms with Crippen molar-refractivity contribution in [1.82, 2.24) is 19.9 Å². The number of H-pyrrole nitrogens is 2. The highest BCUT2D eigenvalue weighted by atomic mass is 16.6. The number of fused-ring (bicyclic) bond motifs is 10. The van der Waals surface area contributed by atoms with E-state index in [1.54, 1.807) is 0 Å². The Labute approximate surface area is 528 Å². The second-order valence-corrected chi connectivity index (χ2v) is 34.1. The molecule has 2 saturated heterocycles. The number of benzene rings is 1. The van der Waals surface area contributed by atoms with E-state index in [-0.39, 0.29) is 52.8 Å². The molecule has 12 heteroatoms. The predicted octanol–water partition coefficient (Wildman–Crippen LogP) is 13.6. The number of aromatic amines is 2. The van der Waals surface area contributed by atoms with E-state index in [2.05, 4.69) is 105 Å². The minimum atomic E-state index is -1.06. The number of epoxide rings is 1. The molecule has 8 fully saturated rings. The van der Waals surface area contributed by atoms with E-state index in [0.717, 1.165) is 133 Å². The van der Waals surface area contributed by atoms with Crippen molar-refractivity contribution in [3.8, 4) is 0 Å². The Kier molecular flexibility index (Phi) is 13.7. The highest BCUT2D eigenvalue weighted by Crippen LogP contribution is 2.84. The Hall–Kier alpha value is -4.17. The molecule has 1 aromatic carbocycles. The Balaban J connectivity index is 0.911. The molecule has 17 atom stereocenters. The van der Waals surface area contributed by atoms with Crippen LogP contribution in [0.5, 0.6) is 0 Å². The number of nitrogens with one attached hydrogen (secondary N) is 3. The lowest BCUT2D eigenvalue weighted by molar-refractivity contribution is -0.271. The third kappa shape index (κ3) is 8.19. The fourth-order valence-electron chi connectivity index (χ4n) is 24.9. The molecular formula is C77H104N4O8. The van der Waals surface area contributed by atoms with Crippen LogP contribution in [0.2, 0.25) is 0 Å². The second-order valence-electron chi connectivity index (χ2n) is 34.1.